The van der Waals surface area contributed by atoms with E-state index in [0.717, 1.165) is 29.1 Å². The SMILES string of the molecule is CC(C)c1cc(N2CC(n3cc(Br)cn3)C2)n2ncnc2n1. The van der Waals surface area contributed by atoms with Gasteiger partial charge in [0.25, 0.3) is 5.78 Å². The van der Waals surface area contributed by atoms with Crippen LogP contribution >= 0.6 is 15.9 Å². The van der Waals surface area contributed by atoms with Gasteiger partial charge in [-0.25, -0.2) is 4.98 Å². The van der Waals surface area contributed by atoms with E-state index in [0.29, 0.717) is 17.7 Å². The zero-order valence-corrected chi connectivity index (χ0v) is 14.0. The van der Waals surface area contributed by atoms with Crippen molar-refractivity contribution in [3.63, 3.8) is 0 Å². The molecule has 0 bridgehead atoms. The lowest BCUT2D eigenvalue weighted by Gasteiger charge is -2.40. The second-order valence-corrected chi connectivity index (χ2v) is 6.78. The molecule has 1 fully saturated rings. The molecule has 0 N–H and O–H groups in total. The van der Waals surface area contributed by atoms with Crippen molar-refractivity contribution in [1.29, 1.82) is 0 Å². The van der Waals surface area contributed by atoms with Crippen LogP contribution in [0.3, 0.4) is 0 Å². The first-order chi connectivity index (χ1) is 10.6. The Morgan fingerprint density at radius 3 is 2.77 bits per heavy atom. The molecular formula is C14H16BrN7. The highest BCUT2D eigenvalue weighted by molar-refractivity contribution is 9.10. The highest BCUT2D eigenvalue weighted by Gasteiger charge is 2.31. The molecule has 3 aromatic heterocycles. The lowest BCUT2D eigenvalue weighted by atomic mass is 10.1. The van der Waals surface area contributed by atoms with Crippen LogP contribution < -0.4 is 4.90 Å². The van der Waals surface area contributed by atoms with Crippen molar-refractivity contribution in [1.82, 2.24) is 29.4 Å². The fraction of sp³-hybridized carbons (Fsp3) is 0.429. The number of rotatable bonds is 3. The number of aromatic nitrogens is 6. The summed E-state index contributed by atoms with van der Waals surface area (Å²) in [5.74, 6) is 2.07. The van der Waals surface area contributed by atoms with Crippen LogP contribution in [0.1, 0.15) is 31.5 Å². The molecule has 1 saturated heterocycles. The summed E-state index contributed by atoms with van der Waals surface area (Å²) in [6.45, 7) is 6.09. The Kier molecular flexibility index (Phi) is 3.14. The van der Waals surface area contributed by atoms with Crippen molar-refractivity contribution < 1.29 is 0 Å². The molecule has 1 aliphatic rings. The zero-order chi connectivity index (χ0) is 15.3. The Morgan fingerprint density at radius 2 is 2.09 bits per heavy atom. The van der Waals surface area contributed by atoms with E-state index in [1.165, 1.54) is 0 Å². The number of fused-ring (bicyclic) bond motifs is 1. The molecule has 4 rings (SSSR count). The second-order valence-electron chi connectivity index (χ2n) is 5.86. The summed E-state index contributed by atoms with van der Waals surface area (Å²) in [5, 5.41) is 8.66. The maximum Gasteiger partial charge on any atom is 0.254 e. The summed E-state index contributed by atoms with van der Waals surface area (Å²) in [5.41, 5.74) is 1.04. The van der Waals surface area contributed by atoms with Crippen LogP contribution in [0.25, 0.3) is 5.78 Å². The van der Waals surface area contributed by atoms with Gasteiger partial charge in [-0.15, -0.1) is 0 Å². The van der Waals surface area contributed by atoms with Crippen LogP contribution in [0, 0.1) is 0 Å². The molecule has 8 heteroatoms. The third-order valence-corrected chi connectivity index (χ3v) is 4.38. The van der Waals surface area contributed by atoms with Gasteiger partial charge in [0.1, 0.15) is 12.1 Å². The standard InChI is InChI=1S/C14H16BrN7/c1-9(2)12-3-13(22-14(19-12)16-8-18-22)20-6-11(7-20)21-5-10(15)4-17-21/h3-5,8-9,11H,6-7H2,1-2H3. The minimum atomic E-state index is 0.361. The molecular weight excluding hydrogens is 346 g/mol. The van der Waals surface area contributed by atoms with Crippen LogP contribution in [-0.4, -0.2) is 42.5 Å². The summed E-state index contributed by atoms with van der Waals surface area (Å²) in [6.07, 6.45) is 5.39. The van der Waals surface area contributed by atoms with Crippen LogP contribution in [0.2, 0.25) is 0 Å². The van der Waals surface area contributed by atoms with Crippen LogP contribution in [0.15, 0.2) is 29.3 Å². The Bertz CT molecular complexity index is 816. The topological polar surface area (TPSA) is 64.1 Å². The number of hydrogen-bond acceptors (Lipinski definition) is 5. The smallest absolute Gasteiger partial charge is 0.254 e. The molecule has 0 amide bonds. The van der Waals surface area contributed by atoms with Gasteiger partial charge in [-0.05, 0) is 21.8 Å². The molecule has 0 spiro atoms. The van der Waals surface area contributed by atoms with Gasteiger partial charge in [-0.3, -0.25) is 4.68 Å². The average Bonchev–Trinajstić information content (AvgIpc) is 3.05. The molecule has 0 aromatic carbocycles. The monoisotopic (exact) mass is 361 g/mol. The predicted octanol–water partition coefficient (Wildman–Crippen LogP) is 2.27. The summed E-state index contributed by atoms with van der Waals surface area (Å²) in [7, 11) is 0. The Balaban J connectivity index is 1.63. The largest absolute Gasteiger partial charge is 0.352 e. The van der Waals surface area contributed by atoms with E-state index in [-0.39, 0.29) is 0 Å². The van der Waals surface area contributed by atoms with Crippen LogP contribution in [0.5, 0.6) is 0 Å². The van der Waals surface area contributed by atoms with E-state index in [1.807, 2.05) is 17.1 Å². The normalized spacial score (nSPS) is 15.7. The van der Waals surface area contributed by atoms with Gasteiger partial charge in [0.2, 0.25) is 0 Å². The highest BCUT2D eigenvalue weighted by atomic mass is 79.9. The maximum absolute atomic E-state index is 4.56. The molecule has 114 valence electrons. The Hall–Kier alpha value is -1.96. The second kappa shape index (κ2) is 5.05. The van der Waals surface area contributed by atoms with Gasteiger partial charge in [-0.1, -0.05) is 13.8 Å². The first-order valence-corrected chi connectivity index (χ1v) is 8.06. The molecule has 0 radical (unpaired) electrons. The van der Waals surface area contributed by atoms with E-state index in [4.69, 9.17) is 0 Å². The van der Waals surface area contributed by atoms with Gasteiger partial charge in [0.05, 0.1) is 22.4 Å². The van der Waals surface area contributed by atoms with E-state index < -0.39 is 0 Å². The first-order valence-electron chi connectivity index (χ1n) is 7.27. The van der Waals surface area contributed by atoms with Crippen molar-refractivity contribution in [3.05, 3.63) is 35.0 Å². The number of halogens is 1. The minimum absolute atomic E-state index is 0.361. The lowest BCUT2D eigenvalue weighted by Crippen LogP contribution is -2.48. The third-order valence-electron chi connectivity index (χ3n) is 3.97. The molecule has 22 heavy (non-hydrogen) atoms. The molecule has 1 aliphatic heterocycles. The molecule has 0 saturated carbocycles. The quantitative estimate of drug-likeness (QED) is 0.715. The summed E-state index contributed by atoms with van der Waals surface area (Å²) in [4.78, 5) is 11.1. The van der Waals surface area contributed by atoms with E-state index >= 15 is 0 Å². The third kappa shape index (κ3) is 2.18. The van der Waals surface area contributed by atoms with Crippen molar-refractivity contribution in [2.75, 3.05) is 18.0 Å². The average molecular weight is 362 g/mol. The zero-order valence-electron chi connectivity index (χ0n) is 12.4. The molecule has 0 atom stereocenters. The van der Waals surface area contributed by atoms with Gasteiger partial charge >= 0.3 is 0 Å². The summed E-state index contributed by atoms with van der Waals surface area (Å²) in [6, 6.07) is 2.50. The Morgan fingerprint density at radius 1 is 1.27 bits per heavy atom. The predicted molar refractivity (Wildman–Crippen MR) is 86.0 cm³/mol. The van der Waals surface area contributed by atoms with Gasteiger partial charge in [0, 0.05) is 25.4 Å². The van der Waals surface area contributed by atoms with Crippen molar-refractivity contribution in [2.24, 2.45) is 0 Å². The van der Waals surface area contributed by atoms with E-state index in [1.54, 1.807) is 10.8 Å². The van der Waals surface area contributed by atoms with Crippen molar-refractivity contribution in [2.45, 2.75) is 25.8 Å². The Labute approximate surface area is 136 Å². The van der Waals surface area contributed by atoms with Crippen molar-refractivity contribution in [3.8, 4) is 0 Å². The molecule has 0 aliphatic carbocycles. The summed E-state index contributed by atoms with van der Waals surface area (Å²) < 4.78 is 4.82. The number of hydrogen-bond donors (Lipinski definition) is 0. The van der Waals surface area contributed by atoms with Gasteiger partial charge < -0.3 is 4.90 Å². The van der Waals surface area contributed by atoms with Crippen molar-refractivity contribution >= 4 is 27.5 Å². The summed E-state index contributed by atoms with van der Waals surface area (Å²) >= 11 is 3.44. The fourth-order valence-corrected chi connectivity index (χ4v) is 2.96. The van der Waals surface area contributed by atoms with Gasteiger partial charge in [-0.2, -0.15) is 19.7 Å². The van der Waals surface area contributed by atoms with Gasteiger partial charge in [0.15, 0.2) is 0 Å². The lowest BCUT2D eigenvalue weighted by molar-refractivity contribution is 0.364. The van der Waals surface area contributed by atoms with E-state index in [2.05, 4.69) is 60.9 Å². The van der Waals surface area contributed by atoms with E-state index in [9.17, 15) is 0 Å². The van der Waals surface area contributed by atoms with Crippen LogP contribution in [0.4, 0.5) is 5.82 Å². The fourth-order valence-electron chi connectivity index (χ4n) is 2.66. The highest BCUT2D eigenvalue weighted by Crippen LogP contribution is 2.29. The first kappa shape index (κ1) is 13.7. The molecule has 0 unspecified atom stereocenters. The molecule has 3 aromatic rings. The molecule has 7 nitrogen and oxygen atoms in total. The van der Waals surface area contributed by atoms with Crippen LogP contribution in [-0.2, 0) is 0 Å². The molecule has 4 heterocycles. The number of anilines is 1. The maximum atomic E-state index is 4.56. The number of nitrogens with zero attached hydrogens (tertiary/aromatic N) is 7. The minimum Gasteiger partial charge on any atom is -0.352 e.